The molecule has 5 heteroatoms. The first-order valence-electron chi connectivity index (χ1n) is 5.56. The molecule has 0 atom stereocenters. The van der Waals surface area contributed by atoms with Crippen molar-refractivity contribution in [3.63, 3.8) is 0 Å². The SMILES string of the molecule is Cc1ccsc1Cn1c(=S)[nH]c2ccc(Br)cc21. The summed E-state index contributed by atoms with van der Waals surface area (Å²) in [5.74, 6) is 0. The van der Waals surface area contributed by atoms with Crippen molar-refractivity contribution >= 4 is 50.5 Å². The van der Waals surface area contributed by atoms with E-state index in [2.05, 4.69) is 49.9 Å². The van der Waals surface area contributed by atoms with Gasteiger partial charge in [0.15, 0.2) is 4.77 Å². The van der Waals surface area contributed by atoms with Crippen molar-refractivity contribution in [3.05, 3.63) is 49.3 Å². The van der Waals surface area contributed by atoms with Gasteiger partial charge in [-0.1, -0.05) is 15.9 Å². The Balaban J connectivity index is 2.17. The Morgan fingerprint density at radius 2 is 2.22 bits per heavy atom. The standard InChI is InChI=1S/C13H11BrN2S2/c1-8-4-5-18-12(8)7-16-11-6-9(14)2-3-10(11)15-13(16)17/h2-6H,7H2,1H3,(H,15,17). The Bertz CT molecular complexity index is 767. The van der Waals surface area contributed by atoms with E-state index in [1.807, 2.05) is 12.1 Å². The molecule has 3 aromatic rings. The van der Waals surface area contributed by atoms with Crippen molar-refractivity contribution in [2.24, 2.45) is 0 Å². The number of nitrogens with zero attached hydrogens (tertiary/aromatic N) is 1. The van der Waals surface area contributed by atoms with Crippen LogP contribution in [0.1, 0.15) is 10.4 Å². The Hall–Kier alpha value is -0.910. The molecule has 0 aliphatic rings. The average Bonchev–Trinajstić information content (AvgIpc) is 2.86. The van der Waals surface area contributed by atoms with Crippen molar-refractivity contribution in [2.45, 2.75) is 13.5 Å². The summed E-state index contributed by atoms with van der Waals surface area (Å²) >= 11 is 10.7. The molecule has 0 fully saturated rings. The van der Waals surface area contributed by atoms with E-state index in [4.69, 9.17) is 12.2 Å². The van der Waals surface area contributed by atoms with E-state index >= 15 is 0 Å². The van der Waals surface area contributed by atoms with E-state index in [0.717, 1.165) is 26.8 Å². The summed E-state index contributed by atoms with van der Waals surface area (Å²) in [5, 5.41) is 2.12. The molecule has 0 aliphatic carbocycles. The highest BCUT2D eigenvalue weighted by Gasteiger charge is 2.07. The summed E-state index contributed by atoms with van der Waals surface area (Å²) in [6, 6.07) is 8.32. The van der Waals surface area contributed by atoms with Gasteiger partial charge in [-0.25, -0.2) is 0 Å². The van der Waals surface area contributed by atoms with E-state index in [-0.39, 0.29) is 0 Å². The second-order valence-corrected chi connectivity index (χ2v) is 6.51. The lowest BCUT2D eigenvalue weighted by Crippen LogP contribution is -1.98. The molecule has 1 aromatic carbocycles. The number of H-pyrrole nitrogens is 1. The van der Waals surface area contributed by atoms with Crippen LogP contribution in [0, 0.1) is 11.7 Å². The van der Waals surface area contributed by atoms with Crippen LogP contribution >= 0.6 is 39.5 Å². The number of fused-ring (bicyclic) bond motifs is 1. The molecule has 2 heterocycles. The lowest BCUT2D eigenvalue weighted by atomic mass is 10.3. The Kier molecular flexibility index (Phi) is 3.13. The average molecular weight is 339 g/mol. The van der Waals surface area contributed by atoms with Crippen molar-refractivity contribution < 1.29 is 0 Å². The molecule has 0 radical (unpaired) electrons. The van der Waals surface area contributed by atoms with Crippen LogP contribution in [0.2, 0.25) is 0 Å². The molecule has 0 bridgehead atoms. The number of imidazole rings is 1. The molecule has 0 spiro atoms. The number of thiophene rings is 1. The highest BCUT2D eigenvalue weighted by atomic mass is 79.9. The van der Waals surface area contributed by atoms with Gasteiger partial charge < -0.3 is 9.55 Å². The van der Waals surface area contributed by atoms with E-state index in [9.17, 15) is 0 Å². The first-order chi connectivity index (χ1) is 8.65. The molecule has 0 saturated carbocycles. The second-order valence-electron chi connectivity index (χ2n) is 4.20. The topological polar surface area (TPSA) is 20.7 Å². The molecule has 0 unspecified atom stereocenters. The molecule has 0 amide bonds. The van der Waals surface area contributed by atoms with E-state index in [1.54, 1.807) is 11.3 Å². The minimum atomic E-state index is 0.774. The third kappa shape index (κ3) is 2.06. The highest BCUT2D eigenvalue weighted by Crippen LogP contribution is 2.23. The predicted molar refractivity (Wildman–Crippen MR) is 83.0 cm³/mol. The number of halogens is 1. The molecule has 2 nitrogen and oxygen atoms in total. The van der Waals surface area contributed by atoms with Crippen LogP contribution in [0.5, 0.6) is 0 Å². The summed E-state index contributed by atoms with van der Waals surface area (Å²) in [6.07, 6.45) is 0. The molecule has 18 heavy (non-hydrogen) atoms. The van der Waals surface area contributed by atoms with E-state index in [1.165, 1.54) is 10.4 Å². The van der Waals surface area contributed by atoms with Crippen molar-refractivity contribution in [3.8, 4) is 0 Å². The number of nitrogens with one attached hydrogen (secondary N) is 1. The zero-order valence-electron chi connectivity index (χ0n) is 9.74. The minimum Gasteiger partial charge on any atom is -0.331 e. The van der Waals surface area contributed by atoms with Crippen LogP contribution in [0.15, 0.2) is 34.1 Å². The second kappa shape index (κ2) is 4.64. The number of hydrogen-bond acceptors (Lipinski definition) is 2. The zero-order valence-corrected chi connectivity index (χ0v) is 13.0. The number of hydrogen-bond donors (Lipinski definition) is 1. The van der Waals surface area contributed by atoms with E-state index in [0.29, 0.717) is 0 Å². The van der Waals surface area contributed by atoms with Crippen LogP contribution in [0.4, 0.5) is 0 Å². The highest BCUT2D eigenvalue weighted by molar-refractivity contribution is 9.10. The molecule has 1 N–H and O–H groups in total. The third-order valence-electron chi connectivity index (χ3n) is 3.01. The molecule has 2 aromatic heterocycles. The quantitative estimate of drug-likeness (QED) is 0.660. The fourth-order valence-corrected chi connectivity index (χ4v) is 3.51. The van der Waals surface area contributed by atoms with Crippen LogP contribution in [0.3, 0.4) is 0 Å². The largest absolute Gasteiger partial charge is 0.331 e. The maximum Gasteiger partial charge on any atom is 0.178 e. The maximum atomic E-state index is 5.41. The third-order valence-corrected chi connectivity index (χ3v) is 4.83. The Morgan fingerprint density at radius 3 is 2.94 bits per heavy atom. The van der Waals surface area contributed by atoms with Gasteiger partial charge >= 0.3 is 0 Å². The smallest absolute Gasteiger partial charge is 0.178 e. The van der Waals surface area contributed by atoms with Crippen LogP contribution in [-0.4, -0.2) is 9.55 Å². The summed E-state index contributed by atoms with van der Waals surface area (Å²) in [6.45, 7) is 2.97. The number of aryl methyl sites for hydroxylation is 1. The van der Waals surface area contributed by atoms with Gasteiger partial charge in [0.05, 0.1) is 17.6 Å². The monoisotopic (exact) mass is 338 g/mol. The van der Waals surface area contributed by atoms with Gasteiger partial charge in [-0.15, -0.1) is 11.3 Å². The van der Waals surface area contributed by atoms with Crippen molar-refractivity contribution in [1.29, 1.82) is 0 Å². The fraction of sp³-hybridized carbons (Fsp3) is 0.154. The Labute approximate surface area is 122 Å². The summed E-state index contributed by atoms with van der Waals surface area (Å²) in [4.78, 5) is 4.60. The minimum absolute atomic E-state index is 0.774. The summed E-state index contributed by atoms with van der Waals surface area (Å²) in [7, 11) is 0. The van der Waals surface area contributed by atoms with Gasteiger partial charge in [0, 0.05) is 9.35 Å². The number of aromatic amines is 1. The zero-order chi connectivity index (χ0) is 12.7. The Morgan fingerprint density at radius 1 is 1.39 bits per heavy atom. The molecule has 3 rings (SSSR count). The molecule has 92 valence electrons. The van der Waals surface area contributed by atoms with Crippen LogP contribution in [-0.2, 0) is 6.54 Å². The lowest BCUT2D eigenvalue weighted by molar-refractivity contribution is 0.819. The number of benzene rings is 1. The number of rotatable bonds is 2. The van der Waals surface area contributed by atoms with Gasteiger partial charge in [-0.2, -0.15) is 0 Å². The lowest BCUT2D eigenvalue weighted by Gasteiger charge is -2.04. The maximum absolute atomic E-state index is 5.41. The molecular formula is C13H11BrN2S2. The van der Waals surface area contributed by atoms with Crippen LogP contribution < -0.4 is 0 Å². The fourth-order valence-electron chi connectivity index (χ4n) is 1.99. The van der Waals surface area contributed by atoms with Gasteiger partial charge in [0.2, 0.25) is 0 Å². The van der Waals surface area contributed by atoms with Gasteiger partial charge in [0.1, 0.15) is 0 Å². The van der Waals surface area contributed by atoms with Crippen molar-refractivity contribution in [1.82, 2.24) is 9.55 Å². The molecular weight excluding hydrogens is 328 g/mol. The summed E-state index contributed by atoms with van der Waals surface area (Å²) in [5.41, 5.74) is 3.55. The van der Waals surface area contributed by atoms with Gasteiger partial charge in [-0.05, 0) is 54.4 Å². The normalized spacial score (nSPS) is 11.2. The predicted octanol–water partition coefficient (Wildman–Crippen LogP) is 4.88. The first-order valence-corrected chi connectivity index (χ1v) is 7.64. The van der Waals surface area contributed by atoms with Crippen molar-refractivity contribution in [2.75, 3.05) is 0 Å². The molecule has 0 saturated heterocycles. The van der Waals surface area contributed by atoms with E-state index < -0.39 is 0 Å². The van der Waals surface area contributed by atoms with Crippen LogP contribution in [0.25, 0.3) is 11.0 Å². The van der Waals surface area contributed by atoms with Gasteiger partial charge in [0.25, 0.3) is 0 Å². The summed E-state index contributed by atoms with van der Waals surface area (Å²) < 4.78 is 3.99. The number of aromatic nitrogens is 2. The first kappa shape index (κ1) is 12.1. The van der Waals surface area contributed by atoms with Gasteiger partial charge in [-0.3, -0.25) is 0 Å². The molecule has 0 aliphatic heterocycles.